The van der Waals surface area contributed by atoms with Crippen LogP contribution in [0.1, 0.15) is 18.9 Å². The monoisotopic (exact) mass is 524 g/mol. The number of fused-ring (bicyclic) bond motifs is 1. The molecule has 10 atom stereocenters. The van der Waals surface area contributed by atoms with Crippen molar-refractivity contribution in [1.29, 1.82) is 0 Å². The van der Waals surface area contributed by atoms with Crippen LogP contribution in [0.25, 0.3) is 6.08 Å². The van der Waals surface area contributed by atoms with Gasteiger partial charge in [-0.25, -0.2) is 4.79 Å². The van der Waals surface area contributed by atoms with Gasteiger partial charge in [-0.3, -0.25) is 0 Å². The first-order valence-electron chi connectivity index (χ1n) is 11.8. The maximum absolute atomic E-state index is 12.6. The molecule has 1 aromatic rings. The molecule has 12 nitrogen and oxygen atoms in total. The Labute approximate surface area is 212 Å². The van der Waals surface area contributed by atoms with Crippen molar-refractivity contribution in [3.63, 3.8) is 0 Å². The van der Waals surface area contributed by atoms with Crippen LogP contribution in [0.5, 0.6) is 11.5 Å². The molecule has 2 fully saturated rings. The number of hydrogen-bond donors (Lipinski definition) is 6. The highest BCUT2D eigenvalue weighted by atomic mass is 16.8. The molecule has 0 spiro atoms. The third-order valence-corrected chi connectivity index (χ3v) is 6.98. The summed E-state index contributed by atoms with van der Waals surface area (Å²) in [6.07, 6.45) is -3.58. The zero-order valence-electron chi connectivity index (χ0n) is 20.3. The molecule has 0 radical (unpaired) electrons. The number of aromatic hydroxyl groups is 1. The topological polar surface area (TPSA) is 185 Å². The quantitative estimate of drug-likeness (QED) is 0.197. The zero-order valence-corrected chi connectivity index (χ0v) is 20.3. The number of phenols is 1. The fourth-order valence-corrected chi connectivity index (χ4v) is 5.04. The van der Waals surface area contributed by atoms with Crippen LogP contribution in [0.4, 0.5) is 0 Å². The lowest BCUT2D eigenvalue weighted by molar-refractivity contribution is -0.346. The fraction of sp³-hybridized carbons (Fsp3) is 0.560. The molecule has 1 aromatic carbocycles. The molecule has 204 valence electrons. The van der Waals surface area contributed by atoms with E-state index in [0.29, 0.717) is 5.56 Å². The summed E-state index contributed by atoms with van der Waals surface area (Å²) in [5, 5.41) is 60.6. The van der Waals surface area contributed by atoms with Crippen LogP contribution in [0.2, 0.25) is 0 Å². The summed E-state index contributed by atoms with van der Waals surface area (Å²) >= 11 is 0. The van der Waals surface area contributed by atoms with Gasteiger partial charge in [-0.15, -0.1) is 0 Å². The van der Waals surface area contributed by atoms with Crippen LogP contribution >= 0.6 is 0 Å². The lowest BCUT2D eigenvalue weighted by Crippen LogP contribution is -2.60. The minimum atomic E-state index is -1.64. The molecule has 6 N–H and O–H groups in total. The standard InChI is InChI=1S/C25H32O12/c1-25(32)10-16(35-18(28)6-4-12-3-5-14(27)15(9-12)33-2)13-7-8-34-23(19(13)25)37-24-22(31)21(30)20(29)17(11-26)36-24/h3-9,13,16-17,19-24,26-27,29-32H,10-11H2,1-2H3/t13-,16+,17-,19-,20-,21+,22-,23+,24-,25-/m1/s1. The number of ether oxygens (including phenoxy) is 5. The smallest absolute Gasteiger partial charge is 0.331 e. The molecule has 37 heavy (non-hydrogen) atoms. The van der Waals surface area contributed by atoms with Crippen molar-refractivity contribution < 1.29 is 59.1 Å². The van der Waals surface area contributed by atoms with E-state index < -0.39 is 73.1 Å². The summed E-state index contributed by atoms with van der Waals surface area (Å²) in [7, 11) is 1.41. The fourth-order valence-electron chi connectivity index (χ4n) is 5.04. The summed E-state index contributed by atoms with van der Waals surface area (Å²) in [5.74, 6) is -1.69. The lowest BCUT2D eigenvalue weighted by atomic mass is 9.85. The molecule has 4 rings (SSSR count). The number of benzene rings is 1. The molecule has 0 bridgehead atoms. The van der Waals surface area contributed by atoms with E-state index in [4.69, 9.17) is 23.7 Å². The minimum absolute atomic E-state index is 0.0340. The SMILES string of the molecule is COc1cc(C=CC(=O)O[C@H]2C[C@@](C)(O)[C@H]3[C@H](O[C@H]4O[C@H](CO)[C@@H](O)[C@H](O)[C@H]4O)OC=C[C@@H]32)ccc1O. The summed E-state index contributed by atoms with van der Waals surface area (Å²) < 4.78 is 27.4. The molecule has 2 heterocycles. The number of carbonyl (C=O) groups excluding carboxylic acids is 1. The number of phenolic OH excluding ortho intramolecular Hbond substituents is 1. The Balaban J connectivity index is 1.44. The van der Waals surface area contributed by atoms with Crippen molar-refractivity contribution in [2.45, 2.75) is 62.0 Å². The number of methoxy groups -OCH3 is 1. The maximum atomic E-state index is 12.6. The van der Waals surface area contributed by atoms with Crippen LogP contribution in [0.3, 0.4) is 0 Å². The van der Waals surface area contributed by atoms with E-state index in [0.717, 1.165) is 0 Å². The van der Waals surface area contributed by atoms with Crippen molar-refractivity contribution in [1.82, 2.24) is 0 Å². The van der Waals surface area contributed by atoms with Gasteiger partial charge < -0.3 is 54.3 Å². The number of hydrogen-bond acceptors (Lipinski definition) is 12. The minimum Gasteiger partial charge on any atom is -0.504 e. The average molecular weight is 525 g/mol. The Morgan fingerprint density at radius 2 is 1.95 bits per heavy atom. The number of aliphatic hydroxyl groups excluding tert-OH is 4. The van der Waals surface area contributed by atoms with Crippen LogP contribution in [0.15, 0.2) is 36.6 Å². The van der Waals surface area contributed by atoms with Gasteiger partial charge in [0.15, 0.2) is 17.8 Å². The average Bonchev–Trinajstić information content (AvgIpc) is 3.13. The van der Waals surface area contributed by atoms with Gasteiger partial charge in [0.25, 0.3) is 0 Å². The molecule has 0 amide bonds. The van der Waals surface area contributed by atoms with Crippen LogP contribution in [0, 0.1) is 11.8 Å². The third kappa shape index (κ3) is 5.60. The summed E-state index contributed by atoms with van der Waals surface area (Å²) in [6.45, 7) is 0.922. The van der Waals surface area contributed by atoms with E-state index in [1.165, 1.54) is 31.6 Å². The molecule has 3 aliphatic rings. The van der Waals surface area contributed by atoms with E-state index in [1.54, 1.807) is 25.1 Å². The predicted octanol–water partition coefficient (Wildman–Crippen LogP) is -0.601. The molecule has 1 saturated heterocycles. The molecule has 0 aromatic heterocycles. The largest absolute Gasteiger partial charge is 0.504 e. The predicted molar refractivity (Wildman–Crippen MR) is 125 cm³/mol. The van der Waals surface area contributed by atoms with E-state index >= 15 is 0 Å². The number of carbonyl (C=O) groups is 1. The van der Waals surface area contributed by atoms with Crippen molar-refractivity contribution >= 4 is 12.0 Å². The van der Waals surface area contributed by atoms with Gasteiger partial charge in [0.05, 0.1) is 31.5 Å². The van der Waals surface area contributed by atoms with Crippen molar-refractivity contribution in [3.8, 4) is 11.5 Å². The Morgan fingerprint density at radius 3 is 2.65 bits per heavy atom. The molecular weight excluding hydrogens is 492 g/mol. The first-order chi connectivity index (χ1) is 17.6. The Hall–Kier alpha value is -2.71. The summed E-state index contributed by atoms with van der Waals surface area (Å²) in [4.78, 5) is 12.6. The molecule has 1 saturated carbocycles. The molecule has 2 aliphatic heterocycles. The maximum Gasteiger partial charge on any atom is 0.331 e. The van der Waals surface area contributed by atoms with Crippen LogP contribution in [-0.4, -0.2) is 99.0 Å². The van der Waals surface area contributed by atoms with Crippen LogP contribution in [-0.2, 0) is 23.7 Å². The Bertz CT molecular complexity index is 1020. The van der Waals surface area contributed by atoms with Gasteiger partial charge >= 0.3 is 5.97 Å². The first-order valence-corrected chi connectivity index (χ1v) is 11.8. The third-order valence-electron chi connectivity index (χ3n) is 6.98. The van der Waals surface area contributed by atoms with E-state index in [-0.39, 0.29) is 17.9 Å². The van der Waals surface area contributed by atoms with Crippen LogP contribution < -0.4 is 4.74 Å². The number of esters is 1. The molecule has 1 aliphatic carbocycles. The second-order valence-corrected chi connectivity index (χ2v) is 9.57. The molecule has 0 unspecified atom stereocenters. The van der Waals surface area contributed by atoms with Crippen molar-refractivity contribution in [2.24, 2.45) is 11.8 Å². The highest BCUT2D eigenvalue weighted by Gasteiger charge is 2.57. The second kappa shape index (κ2) is 11.0. The lowest BCUT2D eigenvalue weighted by Gasteiger charge is -2.43. The normalized spacial score (nSPS) is 39.3. The van der Waals surface area contributed by atoms with Gasteiger partial charge in [-0.2, -0.15) is 0 Å². The molecule has 12 heteroatoms. The number of rotatable bonds is 7. The van der Waals surface area contributed by atoms with Gasteiger partial charge in [0.2, 0.25) is 6.29 Å². The summed E-state index contributed by atoms with van der Waals surface area (Å²) in [6, 6.07) is 4.59. The highest BCUT2D eigenvalue weighted by Crippen LogP contribution is 2.48. The first kappa shape index (κ1) is 27.3. The highest BCUT2D eigenvalue weighted by molar-refractivity contribution is 5.87. The Kier molecular flexibility index (Phi) is 8.09. The summed E-state index contributed by atoms with van der Waals surface area (Å²) in [5.41, 5.74) is -0.811. The van der Waals surface area contributed by atoms with E-state index in [9.17, 15) is 35.4 Å². The second-order valence-electron chi connectivity index (χ2n) is 9.57. The number of aliphatic hydroxyl groups is 5. The van der Waals surface area contributed by atoms with Gasteiger partial charge in [0, 0.05) is 18.4 Å². The van der Waals surface area contributed by atoms with Gasteiger partial charge in [0.1, 0.15) is 30.5 Å². The van der Waals surface area contributed by atoms with Gasteiger partial charge in [-0.05, 0) is 36.8 Å². The van der Waals surface area contributed by atoms with Crippen molar-refractivity contribution in [3.05, 3.63) is 42.2 Å². The van der Waals surface area contributed by atoms with Crippen molar-refractivity contribution in [2.75, 3.05) is 13.7 Å². The van der Waals surface area contributed by atoms with E-state index in [1.807, 2.05) is 0 Å². The Morgan fingerprint density at radius 1 is 1.19 bits per heavy atom. The molecular formula is C25H32O12. The zero-order chi connectivity index (χ0) is 26.9. The van der Waals surface area contributed by atoms with Gasteiger partial charge in [-0.1, -0.05) is 6.07 Å². The van der Waals surface area contributed by atoms with E-state index in [2.05, 4.69) is 0 Å².